The van der Waals surface area contributed by atoms with Crippen molar-refractivity contribution >= 4 is 17.4 Å². The lowest BCUT2D eigenvalue weighted by atomic mass is 9.93. The molecule has 0 fully saturated rings. The Morgan fingerprint density at radius 1 is 1.47 bits per heavy atom. The number of rotatable bonds is 2. The van der Waals surface area contributed by atoms with Crippen LogP contribution in [0.3, 0.4) is 0 Å². The maximum atomic E-state index is 11.8. The third-order valence-electron chi connectivity index (χ3n) is 2.72. The van der Waals surface area contributed by atoms with Crippen molar-refractivity contribution in [1.82, 2.24) is 0 Å². The highest BCUT2D eigenvalue weighted by Gasteiger charge is 2.37. The minimum absolute atomic E-state index is 0.0925. The number of benzene rings is 1. The second-order valence-electron chi connectivity index (χ2n) is 4.12. The minimum Gasteiger partial charge on any atom is -0.507 e. The largest absolute Gasteiger partial charge is 0.507 e. The topological polar surface area (TPSA) is 58.6 Å². The van der Waals surface area contributed by atoms with Crippen LogP contribution < -0.4 is 5.32 Å². The van der Waals surface area contributed by atoms with Crippen molar-refractivity contribution in [2.24, 2.45) is 0 Å². The lowest BCUT2D eigenvalue weighted by Gasteiger charge is -2.31. The predicted molar refractivity (Wildman–Crippen MR) is 65.7 cm³/mol. The van der Waals surface area contributed by atoms with E-state index in [0.29, 0.717) is 12.2 Å². The number of ether oxygens (including phenoxy) is 1. The van der Waals surface area contributed by atoms with Crippen molar-refractivity contribution in [2.45, 2.75) is 19.4 Å². The van der Waals surface area contributed by atoms with Gasteiger partial charge in [-0.15, -0.1) is 0 Å². The van der Waals surface area contributed by atoms with Crippen LogP contribution >= 0.6 is 0 Å². The summed E-state index contributed by atoms with van der Waals surface area (Å²) in [6.07, 6.45) is 1.48. The summed E-state index contributed by atoms with van der Waals surface area (Å²) >= 11 is 0. The van der Waals surface area contributed by atoms with Gasteiger partial charge in [-0.2, -0.15) is 0 Å². The first kappa shape index (κ1) is 11.5. The average molecular weight is 233 g/mol. The SMILES string of the molecule is CCOC(=O)[C@]1(C)C=C(O)c2ccccc2N1. The Labute approximate surface area is 99.9 Å². The number of carbonyl (C=O) groups is 1. The average Bonchev–Trinajstić information content (AvgIpc) is 2.29. The number of aliphatic hydroxyl groups is 1. The number of anilines is 1. The van der Waals surface area contributed by atoms with E-state index in [0.717, 1.165) is 5.69 Å². The maximum absolute atomic E-state index is 11.8. The molecule has 0 saturated heterocycles. The van der Waals surface area contributed by atoms with Crippen LogP contribution in [0.15, 0.2) is 30.3 Å². The second kappa shape index (κ2) is 4.13. The monoisotopic (exact) mass is 233 g/mol. The molecule has 0 aliphatic carbocycles. The molecule has 1 heterocycles. The summed E-state index contributed by atoms with van der Waals surface area (Å²) in [5.74, 6) is -0.309. The second-order valence-corrected chi connectivity index (χ2v) is 4.12. The van der Waals surface area contributed by atoms with Gasteiger partial charge in [0.2, 0.25) is 0 Å². The fourth-order valence-electron chi connectivity index (χ4n) is 1.87. The summed E-state index contributed by atoms with van der Waals surface area (Å²) in [4.78, 5) is 11.8. The first-order chi connectivity index (χ1) is 8.07. The van der Waals surface area contributed by atoms with Crippen molar-refractivity contribution in [3.05, 3.63) is 35.9 Å². The summed E-state index contributed by atoms with van der Waals surface area (Å²) in [5.41, 5.74) is 0.395. The highest BCUT2D eigenvalue weighted by atomic mass is 16.5. The van der Waals surface area contributed by atoms with Crippen LogP contribution in [0.5, 0.6) is 0 Å². The minimum atomic E-state index is -1.02. The Hall–Kier alpha value is -1.97. The highest BCUT2D eigenvalue weighted by molar-refractivity contribution is 5.93. The van der Waals surface area contributed by atoms with E-state index in [1.165, 1.54) is 6.08 Å². The number of esters is 1. The highest BCUT2D eigenvalue weighted by Crippen LogP contribution is 2.32. The Bertz CT molecular complexity index is 481. The zero-order valence-corrected chi connectivity index (χ0v) is 9.86. The molecule has 0 aromatic heterocycles. The number of nitrogens with one attached hydrogen (secondary N) is 1. The number of fused-ring (bicyclic) bond motifs is 1. The normalized spacial score (nSPS) is 22.1. The van der Waals surface area contributed by atoms with Gasteiger partial charge in [0.25, 0.3) is 0 Å². The molecule has 1 aliphatic heterocycles. The number of aliphatic hydroxyl groups excluding tert-OH is 1. The van der Waals surface area contributed by atoms with E-state index in [9.17, 15) is 9.90 Å². The van der Waals surface area contributed by atoms with Gasteiger partial charge < -0.3 is 15.2 Å². The number of hydrogen-bond acceptors (Lipinski definition) is 4. The third-order valence-corrected chi connectivity index (χ3v) is 2.72. The summed E-state index contributed by atoms with van der Waals surface area (Å²) in [5, 5.41) is 13.0. The smallest absolute Gasteiger partial charge is 0.335 e. The summed E-state index contributed by atoms with van der Waals surface area (Å²) in [6.45, 7) is 3.74. The van der Waals surface area contributed by atoms with Crippen molar-refractivity contribution in [3.8, 4) is 0 Å². The third kappa shape index (κ3) is 1.98. The molecule has 0 spiro atoms. The van der Waals surface area contributed by atoms with E-state index in [-0.39, 0.29) is 5.76 Å². The van der Waals surface area contributed by atoms with Crippen LogP contribution in [-0.2, 0) is 9.53 Å². The van der Waals surface area contributed by atoms with Crippen LogP contribution in [0.2, 0.25) is 0 Å². The fraction of sp³-hybridized carbons (Fsp3) is 0.308. The molecule has 4 heteroatoms. The van der Waals surface area contributed by atoms with Crippen LogP contribution in [0, 0.1) is 0 Å². The first-order valence-corrected chi connectivity index (χ1v) is 5.53. The van der Waals surface area contributed by atoms with Gasteiger partial charge in [-0.05, 0) is 32.1 Å². The first-order valence-electron chi connectivity index (χ1n) is 5.53. The van der Waals surface area contributed by atoms with Crippen molar-refractivity contribution in [3.63, 3.8) is 0 Å². The summed E-state index contributed by atoms with van der Waals surface area (Å²) < 4.78 is 4.99. The molecule has 1 atom stereocenters. The molecule has 2 N–H and O–H groups in total. The molecule has 2 rings (SSSR count). The summed E-state index contributed by atoms with van der Waals surface area (Å²) in [7, 11) is 0. The lowest BCUT2D eigenvalue weighted by Crippen LogP contribution is -2.44. The van der Waals surface area contributed by atoms with E-state index < -0.39 is 11.5 Å². The molecular formula is C13H15NO3. The van der Waals surface area contributed by atoms with E-state index in [4.69, 9.17) is 4.74 Å². The number of carbonyl (C=O) groups excluding carboxylic acids is 1. The van der Waals surface area contributed by atoms with Gasteiger partial charge in [-0.25, -0.2) is 4.79 Å². The Balaban J connectivity index is 2.39. The molecule has 0 radical (unpaired) electrons. The van der Waals surface area contributed by atoms with Crippen molar-refractivity contribution in [2.75, 3.05) is 11.9 Å². The molecule has 1 aliphatic rings. The Morgan fingerprint density at radius 2 is 2.18 bits per heavy atom. The van der Waals surface area contributed by atoms with Gasteiger partial charge in [0.1, 0.15) is 5.76 Å². The van der Waals surface area contributed by atoms with Crippen LogP contribution in [-0.4, -0.2) is 23.2 Å². The molecule has 17 heavy (non-hydrogen) atoms. The zero-order valence-electron chi connectivity index (χ0n) is 9.86. The van der Waals surface area contributed by atoms with Gasteiger partial charge >= 0.3 is 5.97 Å². The van der Waals surface area contributed by atoms with Crippen molar-refractivity contribution < 1.29 is 14.6 Å². The molecular weight excluding hydrogens is 218 g/mol. The number of para-hydroxylation sites is 1. The molecule has 90 valence electrons. The van der Waals surface area contributed by atoms with Gasteiger partial charge in [-0.3, -0.25) is 0 Å². The van der Waals surface area contributed by atoms with Gasteiger partial charge in [0.05, 0.1) is 6.61 Å². The standard InChI is InChI=1S/C13H15NO3/c1-3-17-12(16)13(2)8-11(15)9-6-4-5-7-10(9)14-13/h4-8,14-15H,3H2,1-2H3/t13-/m0/s1. The molecule has 0 amide bonds. The lowest BCUT2D eigenvalue weighted by molar-refractivity contribution is -0.146. The van der Waals surface area contributed by atoms with Crippen LogP contribution in [0.4, 0.5) is 5.69 Å². The Kier molecular flexibility index (Phi) is 2.79. The summed E-state index contributed by atoms with van der Waals surface area (Å²) in [6, 6.07) is 7.28. The zero-order chi connectivity index (χ0) is 12.5. The molecule has 0 unspecified atom stereocenters. The van der Waals surface area contributed by atoms with E-state index >= 15 is 0 Å². The Morgan fingerprint density at radius 3 is 2.88 bits per heavy atom. The quantitative estimate of drug-likeness (QED) is 0.770. The molecule has 0 saturated carbocycles. The predicted octanol–water partition coefficient (Wildman–Crippen LogP) is 2.33. The van der Waals surface area contributed by atoms with Crippen molar-refractivity contribution in [1.29, 1.82) is 0 Å². The van der Waals surface area contributed by atoms with E-state index in [1.807, 2.05) is 18.2 Å². The fourth-order valence-corrected chi connectivity index (χ4v) is 1.87. The van der Waals surface area contributed by atoms with Crippen LogP contribution in [0.25, 0.3) is 5.76 Å². The van der Waals surface area contributed by atoms with Crippen LogP contribution in [0.1, 0.15) is 19.4 Å². The molecule has 1 aromatic carbocycles. The van der Waals surface area contributed by atoms with E-state index in [1.54, 1.807) is 19.9 Å². The molecule has 1 aromatic rings. The molecule has 4 nitrogen and oxygen atoms in total. The number of hydrogen-bond donors (Lipinski definition) is 2. The van der Waals surface area contributed by atoms with Gasteiger partial charge in [-0.1, -0.05) is 12.1 Å². The van der Waals surface area contributed by atoms with Gasteiger partial charge in [0.15, 0.2) is 5.54 Å². The maximum Gasteiger partial charge on any atom is 0.335 e. The van der Waals surface area contributed by atoms with Gasteiger partial charge in [0, 0.05) is 11.3 Å². The molecule has 0 bridgehead atoms. The van der Waals surface area contributed by atoms with E-state index in [2.05, 4.69) is 5.32 Å².